The topological polar surface area (TPSA) is 95.2 Å². The van der Waals surface area contributed by atoms with Crippen molar-refractivity contribution in [3.63, 3.8) is 0 Å². The molecule has 45 heavy (non-hydrogen) atoms. The van der Waals surface area contributed by atoms with Gasteiger partial charge in [-0.05, 0) is 47.3 Å². The molecule has 7 nitrogen and oxygen atoms in total. The van der Waals surface area contributed by atoms with Crippen molar-refractivity contribution in [1.29, 1.82) is 5.26 Å². The monoisotopic (exact) mass is 610 g/mol. The Morgan fingerprint density at radius 3 is 1.89 bits per heavy atom. The van der Waals surface area contributed by atoms with Crippen molar-refractivity contribution in [1.82, 2.24) is 9.47 Å². The Kier molecular flexibility index (Phi) is 8.63. The molecule has 1 aliphatic rings. The Balaban J connectivity index is 1.52. The highest BCUT2D eigenvalue weighted by atomic mass is 32.2. The van der Waals surface area contributed by atoms with Crippen LogP contribution in [0.5, 0.6) is 0 Å². The Hall–Kier alpha value is -5.39. The van der Waals surface area contributed by atoms with E-state index in [0.717, 1.165) is 27.3 Å². The number of fused-ring (bicyclic) bond motifs is 1. The highest BCUT2D eigenvalue weighted by Gasteiger charge is 2.43. The molecule has 222 valence electrons. The lowest BCUT2D eigenvalue weighted by atomic mass is 9.98. The number of hydrogen-bond acceptors (Lipinski definition) is 5. The Morgan fingerprint density at radius 2 is 1.33 bits per heavy atom. The third-order valence-electron chi connectivity index (χ3n) is 7.95. The van der Waals surface area contributed by atoms with Crippen LogP contribution in [-0.4, -0.2) is 45.2 Å². The van der Waals surface area contributed by atoms with E-state index in [0.29, 0.717) is 29.2 Å². The molecule has 0 spiro atoms. The summed E-state index contributed by atoms with van der Waals surface area (Å²) in [5.74, 6) is -0.651. The normalized spacial score (nSPS) is 12.9. The summed E-state index contributed by atoms with van der Waals surface area (Å²) in [4.78, 5) is 42.4. The summed E-state index contributed by atoms with van der Waals surface area (Å²) in [5.41, 5.74) is 5.02. The number of nitrogens with one attached hydrogen (secondary N) is 1. The molecule has 8 heteroatoms. The second kappa shape index (κ2) is 13.1. The number of nitriles is 1. The van der Waals surface area contributed by atoms with Crippen LogP contribution < -0.4 is 5.32 Å². The summed E-state index contributed by atoms with van der Waals surface area (Å²) in [5, 5.41) is 13.7. The van der Waals surface area contributed by atoms with E-state index in [2.05, 4.69) is 11.4 Å². The number of benzene rings is 4. The van der Waals surface area contributed by atoms with Gasteiger partial charge in [-0.3, -0.25) is 19.3 Å². The highest BCUT2D eigenvalue weighted by Crippen LogP contribution is 2.42. The molecule has 1 aliphatic heterocycles. The van der Waals surface area contributed by atoms with E-state index in [9.17, 15) is 19.6 Å². The fraction of sp³-hybridized carbons (Fsp3) is 0.135. The molecule has 3 amide bonds. The zero-order valence-corrected chi connectivity index (χ0v) is 25.5. The van der Waals surface area contributed by atoms with E-state index in [1.54, 1.807) is 24.3 Å². The van der Waals surface area contributed by atoms with Crippen LogP contribution in [0.1, 0.15) is 38.3 Å². The van der Waals surface area contributed by atoms with Crippen molar-refractivity contribution in [3.8, 4) is 28.5 Å². The summed E-state index contributed by atoms with van der Waals surface area (Å²) >= 11 is 1.53. The van der Waals surface area contributed by atoms with Crippen LogP contribution in [-0.2, 0) is 11.3 Å². The first-order valence-corrected chi connectivity index (χ1v) is 16.0. The van der Waals surface area contributed by atoms with Crippen molar-refractivity contribution < 1.29 is 14.4 Å². The van der Waals surface area contributed by atoms with Gasteiger partial charge in [-0.1, -0.05) is 103 Å². The van der Waals surface area contributed by atoms with Gasteiger partial charge in [0.15, 0.2) is 0 Å². The van der Waals surface area contributed by atoms with Gasteiger partial charge in [0.05, 0.1) is 16.8 Å². The van der Waals surface area contributed by atoms with Crippen molar-refractivity contribution in [3.05, 3.63) is 138 Å². The van der Waals surface area contributed by atoms with Crippen LogP contribution in [0.15, 0.2) is 115 Å². The van der Waals surface area contributed by atoms with Gasteiger partial charge in [-0.2, -0.15) is 17.0 Å². The zero-order chi connectivity index (χ0) is 31.3. The summed E-state index contributed by atoms with van der Waals surface area (Å²) in [7, 11) is 0. The minimum Gasteiger partial charge on any atom is -0.321 e. The van der Waals surface area contributed by atoms with Gasteiger partial charge < -0.3 is 9.88 Å². The zero-order valence-electron chi connectivity index (χ0n) is 24.6. The molecule has 0 unspecified atom stereocenters. The number of imide groups is 1. The van der Waals surface area contributed by atoms with Gasteiger partial charge in [0.2, 0.25) is 5.91 Å². The van der Waals surface area contributed by atoms with Crippen molar-refractivity contribution >= 4 is 35.3 Å². The van der Waals surface area contributed by atoms with Crippen LogP contribution in [0.2, 0.25) is 0 Å². The molecule has 5 aromatic rings. The fourth-order valence-electron chi connectivity index (χ4n) is 5.86. The summed E-state index contributed by atoms with van der Waals surface area (Å²) in [6.45, 7) is 0.366. The minimum atomic E-state index is -1.07. The largest absolute Gasteiger partial charge is 0.321 e. The first-order chi connectivity index (χ1) is 22.0. The Labute approximate surface area is 266 Å². The number of carbonyl (C=O) groups excluding carboxylic acids is 3. The molecule has 2 heterocycles. The number of hydrogen-bond donors (Lipinski definition) is 1. The smallest absolute Gasteiger partial charge is 0.262 e. The molecule has 0 aliphatic carbocycles. The lowest BCUT2D eigenvalue weighted by Crippen LogP contribution is -2.47. The minimum absolute atomic E-state index is 0.261. The van der Waals surface area contributed by atoms with E-state index < -0.39 is 23.8 Å². The summed E-state index contributed by atoms with van der Waals surface area (Å²) in [6.07, 6.45) is 2.17. The number of thioether (sulfide) groups is 1. The molecule has 1 aromatic heterocycles. The lowest BCUT2D eigenvalue weighted by molar-refractivity contribution is -0.120. The quantitative estimate of drug-likeness (QED) is 0.170. The molecule has 0 saturated heterocycles. The SMILES string of the molecule is CSCC[C@@H](C(=O)Nc1c(C#N)c(-c2ccccc2)c(-c2ccccc2)n1Cc1ccccc1)N1C(=O)c2ccccc2C1=O. The second-order valence-corrected chi connectivity index (χ2v) is 11.7. The van der Waals surface area contributed by atoms with Gasteiger partial charge in [0.25, 0.3) is 11.8 Å². The maximum Gasteiger partial charge on any atom is 0.262 e. The van der Waals surface area contributed by atoms with E-state index in [1.165, 1.54) is 11.8 Å². The van der Waals surface area contributed by atoms with Gasteiger partial charge in [-0.25, -0.2) is 0 Å². The third kappa shape index (κ3) is 5.66. The summed E-state index contributed by atoms with van der Waals surface area (Å²) < 4.78 is 1.96. The average Bonchev–Trinajstić information content (AvgIpc) is 3.52. The first-order valence-electron chi connectivity index (χ1n) is 14.6. The molecule has 4 aromatic carbocycles. The van der Waals surface area contributed by atoms with Gasteiger partial charge in [-0.15, -0.1) is 0 Å². The molecule has 0 saturated carbocycles. The molecule has 0 bridgehead atoms. The van der Waals surface area contributed by atoms with E-state index >= 15 is 0 Å². The number of anilines is 1. The molecule has 0 fully saturated rings. The number of carbonyl (C=O) groups is 3. The summed E-state index contributed by atoms with van der Waals surface area (Å²) in [6, 6.07) is 37.2. The number of amides is 3. The fourth-order valence-corrected chi connectivity index (χ4v) is 6.32. The van der Waals surface area contributed by atoms with Gasteiger partial charge in [0.1, 0.15) is 23.5 Å². The maximum absolute atomic E-state index is 14.3. The van der Waals surface area contributed by atoms with Crippen molar-refractivity contribution in [2.75, 3.05) is 17.3 Å². The lowest BCUT2D eigenvalue weighted by Gasteiger charge is -2.26. The average molecular weight is 611 g/mol. The van der Waals surface area contributed by atoms with Gasteiger partial charge in [0, 0.05) is 12.1 Å². The molecule has 1 N–H and O–H groups in total. The molecule has 6 rings (SSSR count). The Morgan fingerprint density at radius 1 is 0.800 bits per heavy atom. The Bertz CT molecular complexity index is 1880. The van der Waals surface area contributed by atoms with Crippen molar-refractivity contribution in [2.45, 2.75) is 19.0 Å². The number of aromatic nitrogens is 1. The van der Waals surface area contributed by atoms with Gasteiger partial charge >= 0.3 is 0 Å². The standard InChI is InChI=1S/C37H30N4O3S/c1-45-22-21-31(41-36(43)28-19-11-12-20-29(28)37(41)44)35(42)39-34-30(23-38)32(26-15-7-3-8-16-26)33(27-17-9-4-10-18-27)40(34)24-25-13-5-2-6-14-25/h2-20,31H,21-22,24H2,1H3,(H,39,42)/t31-/m0/s1. The van der Waals surface area contributed by atoms with Crippen LogP contribution in [0.4, 0.5) is 5.82 Å². The molecule has 0 radical (unpaired) electrons. The maximum atomic E-state index is 14.3. The van der Waals surface area contributed by atoms with Crippen LogP contribution in [0.25, 0.3) is 22.4 Å². The van der Waals surface area contributed by atoms with E-state index in [4.69, 9.17) is 0 Å². The number of rotatable bonds is 10. The predicted molar refractivity (Wildman–Crippen MR) is 178 cm³/mol. The second-order valence-electron chi connectivity index (χ2n) is 10.7. The molecular formula is C37H30N4O3S. The predicted octanol–water partition coefficient (Wildman–Crippen LogP) is 7.10. The molecule has 1 atom stereocenters. The van der Waals surface area contributed by atoms with Crippen LogP contribution >= 0.6 is 11.8 Å². The third-order valence-corrected chi connectivity index (χ3v) is 8.59. The van der Waals surface area contributed by atoms with Crippen LogP contribution in [0, 0.1) is 11.3 Å². The van der Waals surface area contributed by atoms with Crippen LogP contribution in [0.3, 0.4) is 0 Å². The first kappa shape index (κ1) is 29.7. The molecular weight excluding hydrogens is 580 g/mol. The number of nitrogens with zero attached hydrogens (tertiary/aromatic N) is 3. The van der Waals surface area contributed by atoms with E-state index in [1.807, 2.05) is 102 Å². The highest BCUT2D eigenvalue weighted by molar-refractivity contribution is 7.98. The van der Waals surface area contributed by atoms with E-state index in [-0.39, 0.29) is 17.5 Å². The van der Waals surface area contributed by atoms with Crippen molar-refractivity contribution in [2.24, 2.45) is 0 Å².